The minimum Gasteiger partial charge on any atom is -0.540 e. The number of hydrogen-bond donors (Lipinski definition) is 1. The molecule has 1 unspecified atom stereocenters. The minimum absolute atomic E-state index is 0.0825. The highest BCUT2D eigenvalue weighted by Gasteiger charge is 2.47. The van der Waals surface area contributed by atoms with Gasteiger partial charge in [-0.2, -0.15) is 0 Å². The maximum atomic E-state index is 13.6. The van der Waals surface area contributed by atoms with Gasteiger partial charge in [0.05, 0.1) is 18.3 Å². The van der Waals surface area contributed by atoms with Crippen molar-refractivity contribution < 1.29 is 23.8 Å². The van der Waals surface area contributed by atoms with Gasteiger partial charge in [0.15, 0.2) is 11.5 Å². The monoisotopic (exact) mass is 493 g/mol. The van der Waals surface area contributed by atoms with Crippen LogP contribution in [0.4, 0.5) is 0 Å². The molecule has 1 aromatic carbocycles. The molecule has 0 amide bonds. The van der Waals surface area contributed by atoms with Crippen molar-refractivity contribution in [2.24, 2.45) is 5.92 Å². The molecule has 1 heterocycles. The summed E-state index contributed by atoms with van der Waals surface area (Å²) in [7, 11) is -0.578. The molecule has 2 rings (SSSR count). The zero-order chi connectivity index (χ0) is 25.8. The van der Waals surface area contributed by atoms with E-state index >= 15 is 0 Å². The van der Waals surface area contributed by atoms with Crippen molar-refractivity contribution in [2.75, 3.05) is 20.2 Å². The average molecular weight is 494 g/mol. The summed E-state index contributed by atoms with van der Waals surface area (Å²) in [5.74, 6) is 1.19. The molecule has 0 saturated carbocycles. The van der Waals surface area contributed by atoms with Crippen LogP contribution < -0.4 is 9.16 Å². The Morgan fingerprint density at radius 3 is 2.00 bits per heavy atom. The molecule has 1 aliphatic rings. The second-order valence-corrected chi connectivity index (χ2v) is 16.9. The van der Waals surface area contributed by atoms with Crippen LogP contribution >= 0.6 is 0 Å². The highest BCUT2D eigenvalue weighted by molar-refractivity contribution is 6.78. The zero-order valence-electron chi connectivity index (χ0n) is 23.0. The van der Waals surface area contributed by atoms with Crippen molar-refractivity contribution in [1.82, 2.24) is 4.90 Å². The molecule has 1 atom stereocenters. The largest absolute Gasteiger partial charge is 0.540 e. The first-order chi connectivity index (χ1) is 15.7. The maximum absolute atomic E-state index is 13.6. The highest BCUT2D eigenvalue weighted by atomic mass is 28.4. The summed E-state index contributed by atoms with van der Waals surface area (Å²) in [4.78, 5) is 15.5. The van der Waals surface area contributed by atoms with Gasteiger partial charge in [-0.25, -0.2) is 0 Å². The topological polar surface area (TPSA) is 68.2 Å². The van der Waals surface area contributed by atoms with Crippen LogP contribution in [-0.4, -0.2) is 56.3 Å². The van der Waals surface area contributed by atoms with Crippen LogP contribution in [0.25, 0.3) is 0 Å². The molecule has 1 aliphatic heterocycles. The predicted octanol–water partition coefficient (Wildman–Crippen LogP) is 6.24. The molecule has 1 aromatic rings. The van der Waals surface area contributed by atoms with Gasteiger partial charge >= 0.3 is 0 Å². The smallest absolute Gasteiger partial charge is 0.258 e. The van der Waals surface area contributed by atoms with E-state index in [1.54, 1.807) is 7.11 Å². The summed E-state index contributed by atoms with van der Waals surface area (Å²) in [6.07, 6.45) is 0.379. The Balaban J connectivity index is 2.25. The molecule has 0 aromatic heterocycles. The average Bonchev–Trinajstić information content (AvgIpc) is 2.74. The third kappa shape index (κ3) is 6.42. The number of Topliss-reactive ketones (excluding diaryl/α,β-unsaturated/α-hetero) is 1. The first-order valence-corrected chi connectivity index (χ1v) is 14.9. The summed E-state index contributed by atoms with van der Waals surface area (Å²) >= 11 is 0. The van der Waals surface area contributed by atoms with Crippen LogP contribution in [0.3, 0.4) is 0 Å². The van der Waals surface area contributed by atoms with Crippen LogP contribution in [0.15, 0.2) is 18.2 Å². The van der Waals surface area contributed by atoms with E-state index in [0.717, 1.165) is 0 Å². The summed E-state index contributed by atoms with van der Waals surface area (Å²) in [5, 5.41) is 10.4. The Morgan fingerprint density at radius 1 is 1.03 bits per heavy atom. The van der Waals surface area contributed by atoms with Gasteiger partial charge in [-0.1, -0.05) is 47.6 Å². The quantitative estimate of drug-likeness (QED) is 0.236. The summed E-state index contributed by atoms with van der Waals surface area (Å²) in [6, 6.07) is 5.69. The number of piperidine rings is 1. The van der Waals surface area contributed by atoms with Crippen LogP contribution in [0.2, 0.25) is 16.6 Å². The SMILES string of the molecule is COc1c(O[Si](C(C)C)(C(C)C)C(C)C)cccc1C(=O)C1CCN(C(O)OC(C)(C)C)CC1. The summed E-state index contributed by atoms with van der Waals surface area (Å²) in [6.45, 7) is 20.5. The number of carbonyl (C=O) groups excluding carboxylic acids is 1. The molecule has 6 nitrogen and oxygen atoms in total. The van der Waals surface area contributed by atoms with Gasteiger partial charge in [-0.3, -0.25) is 9.69 Å². The fraction of sp³-hybridized carbons (Fsp3) is 0.741. The zero-order valence-corrected chi connectivity index (χ0v) is 24.0. The van der Waals surface area contributed by atoms with E-state index in [-0.39, 0.29) is 11.7 Å². The Morgan fingerprint density at radius 2 is 1.56 bits per heavy atom. The van der Waals surface area contributed by atoms with Crippen molar-refractivity contribution in [2.45, 2.75) is 104 Å². The molecule has 7 heteroatoms. The lowest BCUT2D eigenvalue weighted by atomic mass is 9.88. The standard InChI is InChI=1S/C27H47NO5Si/c1-18(2)34(19(3)4,20(5)6)33-23-13-11-12-22(25(23)31-10)24(29)21-14-16-28(17-15-21)26(30)32-27(7,8)9/h11-13,18-21,26,30H,14-17H2,1-10H3. The van der Waals surface area contributed by atoms with Crippen molar-refractivity contribution in [3.63, 3.8) is 0 Å². The lowest BCUT2D eigenvalue weighted by Crippen LogP contribution is -2.50. The number of para-hydroxylation sites is 1. The van der Waals surface area contributed by atoms with Crippen molar-refractivity contribution in [3.05, 3.63) is 23.8 Å². The number of aliphatic hydroxyl groups excluding tert-OH is 1. The van der Waals surface area contributed by atoms with E-state index in [0.29, 0.717) is 59.6 Å². The van der Waals surface area contributed by atoms with Crippen LogP contribution in [-0.2, 0) is 4.74 Å². The number of aliphatic hydroxyl groups is 1. The fourth-order valence-corrected chi connectivity index (χ4v) is 10.8. The molecule has 1 N–H and O–H groups in total. The molecule has 0 bridgehead atoms. The lowest BCUT2D eigenvalue weighted by Gasteiger charge is -2.42. The number of nitrogens with zero attached hydrogens (tertiary/aromatic N) is 1. The lowest BCUT2D eigenvalue weighted by molar-refractivity contribution is -0.242. The fourth-order valence-electron chi connectivity index (χ4n) is 5.54. The molecule has 0 spiro atoms. The molecule has 1 fully saturated rings. The van der Waals surface area contributed by atoms with Gasteiger partial charge in [0.25, 0.3) is 8.32 Å². The van der Waals surface area contributed by atoms with Gasteiger partial charge in [0.2, 0.25) is 6.41 Å². The van der Waals surface area contributed by atoms with Crippen molar-refractivity contribution in [3.8, 4) is 11.5 Å². The second-order valence-electron chi connectivity index (χ2n) is 11.5. The van der Waals surface area contributed by atoms with Crippen molar-refractivity contribution >= 4 is 14.1 Å². The highest BCUT2D eigenvalue weighted by Crippen LogP contribution is 2.45. The third-order valence-electron chi connectivity index (χ3n) is 7.11. The van der Waals surface area contributed by atoms with Crippen LogP contribution in [0.5, 0.6) is 11.5 Å². The third-order valence-corrected chi connectivity index (χ3v) is 13.1. The number of ether oxygens (including phenoxy) is 2. The van der Waals surface area contributed by atoms with E-state index in [9.17, 15) is 9.90 Å². The summed E-state index contributed by atoms with van der Waals surface area (Å²) in [5.41, 5.74) is 1.41. The van der Waals surface area contributed by atoms with E-state index in [4.69, 9.17) is 13.9 Å². The molecule has 0 radical (unpaired) electrons. The Kier molecular flexibility index (Phi) is 9.79. The Labute approximate surface area is 208 Å². The number of methoxy groups -OCH3 is 1. The van der Waals surface area contributed by atoms with Gasteiger partial charge < -0.3 is 19.0 Å². The van der Waals surface area contributed by atoms with Crippen molar-refractivity contribution in [1.29, 1.82) is 0 Å². The Bertz CT molecular complexity index is 788. The van der Waals surface area contributed by atoms with E-state index in [1.807, 2.05) is 43.9 Å². The number of benzene rings is 1. The number of ketones is 1. The van der Waals surface area contributed by atoms with E-state index < -0.39 is 20.3 Å². The normalized spacial score (nSPS) is 17.5. The molecular weight excluding hydrogens is 446 g/mol. The molecule has 1 saturated heterocycles. The minimum atomic E-state index is -2.19. The van der Waals surface area contributed by atoms with Crippen LogP contribution in [0.1, 0.15) is 85.5 Å². The first-order valence-electron chi connectivity index (χ1n) is 12.7. The second kappa shape index (κ2) is 11.5. The molecular formula is C27H47NO5Si. The maximum Gasteiger partial charge on any atom is 0.258 e. The van der Waals surface area contributed by atoms with Gasteiger partial charge in [-0.15, -0.1) is 0 Å². The van der Waals surface area contributed by atoms with E-state index in [1.165, 1.54) is 0 Å². The van der Waals surface area contributed by atoms with Crippen LogP contribution in [0, 0.1) is 5.92 Å². The van der Waals surface area contributed by atoms with E-state index in [2.05, 4.69) is 41.5 Å². The summed E-state index contributed by atoms with van der Waals surface area (Å²) < 4.78 is 18.4. The number of carbonyl (C=O) groups is 1. The Hall–Kier alpha value is -1.41. The van der Waals surface area contributed by atoms with Gasteiger partial charge in [0.1, 0.15) is 5.75 Å². The predicted molar refractivity (Wildman–Crippen MR) is 140 cm³/mol. The molecule has 194 valence electrons. The van der Waals surface area contributed by atoms with Gasteiger partial charge in [-0.05, 0) is 62.4 Å². The first kappa shape index (κ1) is 28.8. The van der Waals surface area contributed by atoms with Gasteiger partial charge in [0, 0.05) is 19.0 Å². The molecule has 0 aliphatic carbocycles. The number of rotatable bonds is 10. The molecule has 34 heavy (non-hydrogen) atoms. The number of likely N-dealkylation sites (tertiary alicyclic amines) is 1. The number of hydrogen-bond acceptors (Lipinski definition) is 6.